The highest BCUT2D eigenvalue weighted by atomic mass is 19.1. The molecule has 0 aromatic heterocycles. The summed E-state index contributed by atoms with van der Waals surface area (Å²) in [5, 5.41) is 2.51. The number of halogens is 1. The Balaban J connectivity index is 3.30. The van der Waals surface area contributed by atoms with Crippen molar-refractivity contribution in [3.05, 3.63) is 34.5 Å². The van der Waals surface area contributed by atoms with Crippen molar-refractivity contribution in [1.29, 1.82) is 0 Å². The van der Waals surface area contributed by atoms with Gasteiger partial charge >= 0.3 is 0 Å². The smallest absolute Gasteiger partial charge is 0.152 e. The van der Waals surface area contributed by atoms with Gasteiger partial charge in [-0.1, -0.05) is 6.07 Å². The van der Waals surface area contributed by atoms with E-state index in [1.807, 2.05) is 0 Å². The fourth-order valence-electron chi connectivity index (χ4n) is 0.678. The predicted molar refractivity (Wildman–Crippen MR) is 35.4 cm³/mol. The van der Waals surface area contributed by atoms with Crippen LogP contribution >= 0.6 is 0 Å². The molecule has 3 heteroatoms. The van der Waals surface area contributed by atoms with E-state index in [-0.39, 0.29) is 5.69 Å². The SMILES string of the molecule is Cc1[c]ccc(F)c1N=O. The Hall–Kier alpha value is -1.25. The van der Waals surface area contributed by atoms with Crippen LogP contribution in [0.4, 0.5) is 10.1 Å². The van der Waals surface area contributed by atoms with Crippen LogP contribution in [0.2, 0.25) is 0 Å². The van der Waals surface area contributed by atoms with Gasteiger partial charge in [-0.15, -0.1) is 4.91 Å². The third-order valence-electron chi connectivity index (χ3n) is 1.20. The summed E-state index contributed by atoms with van der Waals surface area (Å²) in [6, 6.07) is 5.23. The molecule has 0 amide bonds. The lowest BCUT2D eigenvalue weighted by Crippen LogP contribution is -1.78. The zero-order valence-electron chi connectivity index (χ0n) is 5.39. The van der Waals surface area contributed by atoms with E-state index in [9.17, 15) is 9.30 Å². The van der Waals surface area contributed by atoms with E-state index in [2.05, 4.69) is 11.2 Å². The van der Waals surface area contributed by atoms with Gasteiger partial charge in [0.05, 0.1) is 0 Å². The van der Waals surface area contributed by atoms with Crippen LogP contribution in [-0.4, -0.2) is 0 Å². The van der Waals surface area contributed by atoms with Crippen LogP contribution in [0.15, 0.2) is 17.3 Å². The Bertz CT molecular complexity index is 240. The second kappa shape index (κ2) is 2.56. The van der Waals surface area contributed by atoms with E-state index in [1.165, 1.54) is 6.07 Å². The van der Waals surface area contributed by atoms with Crippen LogP contribution in [0.1, 0.15) is 5.56 Å². The van der Waals surface area contributed by atoms with Crippen LogP contribution < -0.4 is 0 Å². The Morgan fingerprint density at radius 3 is 2.80 bits per heavy atom. The molecule has 0 aliphatic rings. The largest absolute Gasteiger partial charge is 0.204 e. The normalized spacial score (nSPS) is 9.40. The first-order chi connectivity index (χ1) is 4.75. The van der Waals surface area contributed by atoms with Crippen molar-refractivity contribution in [3.63, 3.8) is 0 Å². The summed E-state index contributed by atoms with van der Waals surface area (Å²) < 4.78 is 12.5. The molecular formula is C7H5FNO. The molecule has 2 nitrogen and oxygen atoms in total. The van der Waals surface area contributed by atoms with E-state index in [1.54, 1.807) is 6.92 Å². The summed E-state index contributed by atoms with van der Waals surface area (Å²) in [5.74, 6) is -0.591. The monoisotopic (exact) mass is 138 g/mol. The lowest BCUT2D eigenvalue weighted by atomic mass is 10.2. The van der Waals surface area contributed by atoms with Gasteiger partial charge < -0.3 is 0 Å². The minimum absolute atomic E-state index is 0.150. The van der Waals surface area contributed by atoms with Crippen molar-refractivity contribution >= 4 is 5.69 Å². The van der Waals surface area contributed by atoms with Crippen LogP contribution in [-0.2, 0) is 0 Å². The molecule has 0 unspecified atom stereocenters. The summed E-state index contributed by atoms with van der Waals surface area (Å²) >= 11 is 0. The highest BCUT2D eigenvalue weighted by Crippen LogP contribution is 2.20. The molecule has 0 saturated heterocycles. The standard InChI is InChI=1S/C7H5FNO/c1-5-3-2-4-6(8)7(5)9-10/h2,4H,1H3. The number of hydrogen-bond donors (Lipinski definition) is 0. The maximum atomic E-state index is 12.5. The van der Waals surface area contributed by atoms with Gasteiger partial charge in [0.15, 0.2) is 5.82 Å². The Kier molecular flexibility index (Phi) is 1.76. The summed E-state index contributed by atoms with van der Waals surface area (Å²) in [6.45, 7) is 1.58. The zero-order chi connectivity index (χ0) is 7.56. The fourth-order valence-corrected chi connectivity index (χ4v) is 0.678. The van der Waals surface area contributed by atoms with Gasteiger partial charge in [-0.05, 0) is 29.8 Å². The minimum Gasteiger partial charge on any atom is -0.204 e. The van der Waals surface area contributed by atoms with E-state index >= 15 is 0 Å². The number of nitroso groups, excluding NO2 is 1. The van der Waals surface area contributed by atoms with Crippen LogP contribution in [0.3, 0.4) is 0 Å². The average molecular weight is 138 g/mol. The van der Waals surface area contributed by atoms with E-state index in [0.29, 0.717) is 5.56 Å². The van der Waals surface area contributed by atoms with Crippen molar-refractivity contribution < 1.29 is 4.39 Å². The van der Waals surface area contributed by atoms with Gasteiger partial charge in [-0.3, -0.25) is 0 Å². The molecule has 0 aliphatic heterocycles. The average Bonchev–Trinajstić information content (AvgIpc) is 1.88. The van der Waals surface area contributed by atoms with Gasteiger partial charge in [-0.25, -0.2) is 4.39 Å². The maximum Gasteiger partial charge on any atom is 0.152 e. The predicted octanol–water partition coefficient (Wildman–Crippen LogP) is 2.33. The highest BCUT2D eigenvalue weighted by Gasteiger charge is 2.03. The van der Waals surface area contributed by atoms with Gasteiger partial charge in [0.2, 0.25) is 0 Å². The third kappa shape index (κ3) is 1.03. The van der Waals surface area contributed by atoms with E-state index in [0.717, 1.165) is 6.07 Å². The van der Waals surface area contributed by atoms with Crippen molar-refractivity contribution in [3.8, 4) is 0 Å². The molecule has 0 saturated carbocycles. The number of hydrogen-bond acceptors (Lipinski definition) is 2. The van der Waals surface area contributed by atoms with Crippen molar-refractivity contribution in [2.45, 2.75) is 6.92 Å². The molecule has 1 aromatic rings. The molecule has 10 heavy (non-hydrogen) atoms. The lowest BCUT2D eigenvalue weighted by molar-refractivity contribution is 0.628. The molecule has 1 radical (unpaired) electrons. The zero-order valence-corrected chi connectivity index (χ0v) is 5.39. The molecule has 0 fully saturated rings. The van der Waals surface area contributed by atoms with Crippen molar-refractivity contribution in [2.75, 3.05) is 0 Å². The fraction of sp³-hybridized carbons (Fsp3) is 0.143. The molecule has 0 atom stereocenters. The number of aryl methyl sites for hydroxylation is 1. The van der Waals surface area contributed by atoms with E-state index in [4.69, 9.17) is 0 Å². The van der Waals surface area contributed by atoms with Gasteiger partial charge in [0.1, 0.15) is 5.69 Å². The second-order valence-electron chi connectivity index (χ2n) is 1.89. The molecule has 51 valence electrons. The maximum absolute atomic E-state index is 12.5. The molecule has 0 heterocycles. The van der Waals surface area contributed by atoms with Gasteiger partial charge in [-0.2, -0.15) is 0 Å². The molecular weight excluding hydrogens is 133 g/mol. The third-order valence-corrected chi connectivity index (χ3v) is 1.20. The Labute approximate surface area is 57.7 Å². The molecule has 0 spiro atoms. The first-order valence-corrected chi connectivity index (χ1v) is 2.76. The van der Waals surface area contributed by atoms with Crippen LogP contribution in [0.5, 0.6) is 0 Å². The molecule has 1 rings (SSSR count). The highest BCUT2D eigenvalue weighted by molar-refractivity contribution is 5.45. The van der Waals surface area contributed by atoms with E-state index < -0.39 is 5.82 Å². The number of benzene rings is 1. The Morgan fingerprint density at radius 2 is 2.40 bits per heavy atom. The first kappa shape index (κ1) is 6.86. The summed E-state index contributed by atoms with van der Waals surface area (Å²) in [5.41, 5.74) is 0.289. The number of rotatable bonds is 1. The van der Waals surface area contributed by atoms with Crippen molar-refractivity contribution in [2.24, 2.45) is 5.18 Å². The minimum atomic E-state index is -0.591. The summed E-state index contributed by atoms with van der Waals surface area (Å²) in [7, 11) is 0. The van der Waals surface area contributed by atoms with Crippen LogP contribution in [0, 0.1) is 23.7 Å². The van der Waals surface area contributed by atoms with Gasteiger partial charge in [0, 0.05) is 0 Å². The molecule has 0 bridgehead atoms. The van der Waals surface area contributed by atoms with Crippen LogP contribution in [0.25, 0.3) is 0 Å². The first-order valence-electron chi connectivity index (χ1n) is 2.76. The molecule has 0 aliphatic carbocycles. The molecule has 1 aromatic carbocycles. The van der Waals surface area contributed by atoms with Crippen molar-refractivity contribution in [1.82, 2.24) is 0 Å². The lowest BCUT2D eigenvalue weighted by Gasteiger charge is -1.94. The molecule has 0 N–H and O–H groups in total. The topological polar surface area (TPSA) is 29.4 Å². The summed E-state index contributed by atoms with van der Waals surface area (Å²) in [6.07, 6.45) is 0. The second-order valence-corrected chi connectivity index (χ2v) is 1.89. The van der Waals surface area contributed by atoms with Gasteiger partial charge in [0.25, 0.3) is 0 Å². The Morgan fingerprint density at radius 1 is 1.70 bits per heavy atom. The summed E-state index contributed by atoms with van der Waals surface area (Å²) in [4.78, 5) is 9.94. The quantitative estimate of drug-likeness (QED) is 0.547. The number of nitrogens with zero attached hydrogens (tertiary/aromatic N) is 1.